The molecule has 1 fully saturated rings. The van der Waals surface area contributed by atoms with Crippen molar-refractivity contribution in [2.24, 2.45) is 5.73 Å². The van der Waals surface area contributed by atoms with Gasteiger partial charge in [-0.1, -0.05) is 12.1 Å². The van der Waals surface area contributed by atoms with Crippen LogP contribution in [0.15, 0.2) is 29.2 Å². The molecule has 0 bridgehead atoms. The van der Waals surface area contributed by atoms with Crippen molar-refractivity contribution >= 4 is 15.5 Å². The number of anilines is 1. The summed E-state index contributed by atoms with van der Waals surface area (Å²) >= 11 is 0. The second kappa shape index (κ2) is 6.56. The number of nitrogens with zero attached hydrogens (tertiary/aromatic N) is 2. The summed E-state index contributed by atoms with van der Waals surface area (Å²) in [4.78, 5) is 4.97. The van der Waals surface area contributed by atoms with Gasteiger partial charge in [0.05, 0.1) is 10.6 Å². The molecule has 20 heavy (non-hydrogen) atoms. The van der Waals surface area contributed by atoms with Gasteiger partial charge in [0, 0.05) is 32.4 Å². The maximum Gasteiger partial charge on any atom is 0.177 e. The van der Waals surface area contributed by atoms with Crippen LogP contribution < -0.4 is 10.6 Å². The summed E-state index contributed by atoms with van der Waals surface area (Å²) in [7, 11) is -3.18. The molecular formula is C14H23N3O2S. The molecule has 1 heterocycles. The highest BCUT2D eigenvalue weighted by atomic mass is 32.2. The van der Waals surface area contributed by atoms with Crippen molar-refractivity contribution in [2.75, 3.05) is 50.4 Å². The highest BCUT2D eigenvalue weighted by molar-refractivity contribution is 7.90. The first-order chi connectivity index (χ1) is 9.52. The first-order valence-electron chi connectivity index (χ1n) is 6.99. The SMILES string of the molecule is CS(=O)(=O)c1ccccc1N1CCN(CCCN)CC1. The fourth-order valence-electron chi connectivity index (χ4n) is 2.56. The van der Waals surface area contributed by atoms with Crippen LogP contribution in [-0.2, 0) is 9.84 Å². The third-order valence-electron chi connectivity index (χ3n) is 3.66. The van der Waals surface area contributed by atoms with Crippen LogP contribution in [0.4, 0.5) is 5.69 Å². The Kier molecular flexibility index (Phi) is 5.01. The Morgan fingerprint density at radius 2 is 1.80 bits per heavy atom. The average Bonchev–Trinajstić information content (AvgIpc) is 2.45. The number of rotatable bonds is 5. The van der Waals surface area contributed by atoms with Gasteiger partial charge in [-0.3, -0.25) is 4.90 Å². The molecule has 0 saturated carbocycles. The molecule has 0 radical (unpaired) electrons. The van der Waals surface area contributed by atoms with E-state index in [1.54, 1.807) is 12.1 Å². The maximum absolute atomic E-state index is 11.9. The van der Waals surface area contributed by atoms with Gasteiger partial charge in [0.25, 0.3) is 0 Å². The molecule has 1 aliphatic heterocycles. The fraction of sp³-hybridized carbons (Fsp3) is 0.571. The van der Waals surface area contributed by atoms with E-state index in [-0.39, 0.29) is 0 Å². The number of para-hydroxylation sites is 1. The van der Waals surface area contributed by atoms with Gasteiger partial charge in [-0.05, 0) is 31.6 Å². The molecule has 0 aromatic heterocycles. The number of nitrogens with two attached hydrogens (primary N) is 1. The van der Waals surface area contributed by atoms with Crippen molar-refractivity contribution in [3.63, 3.8) is 0 Å². The molecule has 5 nitrogen and oxygen atoms in total. The molecule has 2 N–H and O–H groups in total. The summed E-state index contributed by atoms with van der Waals surface area (Å²) in [5.41, 5.74) is 6.36. The number of benzene rings is 1. The van der Waals surface area contributed by atoms with Crippen molar-refractivity contribution < 1.29 is 8.42 Å². The Bertz CT molecular complexity index is 537. The largest absolute Gasteiger partial charge is 0.368 e. The summed E-state index contributed by atoms with van der Waals surface area (Å²) in [5, 5.41) is 0. The third-order valence-corrected chi connectivity index (χ3v) is 4.80. The highest BCUT2D eigenvalue weighted by Crippen LogP contribution is 2.25. The summed E-state index contributed by atoms with van der Waals surface area (Å²) in [6.07, 6.45) is 2.28. The molecule has 6 heteroatoms. The second-order valence-electron chi connectivity index (χ2n) is 5.21. The van der Waals surface area contributed by atoms with Gasteiger partial charge in [0.1, 0.15) is 0 Å². The summed E-state index contributed by atoms with van der Waals surface area (Å²) < 4.78 is 23.7. The van der Waals surface area contributed by atoms with Gasteiger partial charge in [0.2, 0.25) is 0 Å². The quantitative estimate of drug-likeness (QED) is 0.860. The maximum atomic E-state index is 11.9. The topological polar surface area (TPSA) is 66.6 Å². The molecule has 1 aromatic carbocycles. The zero-order chi connectivity index (χ0) is 14.6. The van der Waals surface area contributed by atoms with Crippen LogP contribution in [0, 0.1) is 0 Å². The molecule has 0 amide bonds. The normalized spacial score (nSPS) is 17.4. The van der Waals surface area contributed by atoms with E-state index >= 15 is 0 Å². The molecule has 0 atom stereocenters. The minimum atomic E-state index is -3.18. The molecule has 112 valence electrons. The minimum absolute atomic E-state index is 0.426. The van der Waals surface area contributed by atoms with Crippen LogP contribution in [0.3, 0.4) is 0 Å². The predicted molar refractivity (Wildman–Crippen MR) is 81.9 cm³/mol. The van der Waals surface area contributed by atoms with E-state index in [4.69, 9.17) is 5.73 Å². The lowest BCUT2D eigenvalue weighted by Gasteiger charge is -2.36. The molecule has 0 spiro atoms. The lowest BCUT2D eigenvalue weighted by Crippen LogP contribution is -2.47. The zero-order valence-electron chi connectivity index (χ0n) is 12.0. The minimum Gasteiger partial charge on any atom is -0.368 e. The zero-order valence-corrected chi connectivity index (χ0v) is 12.8. The Balaban J connectivity index is 2.08. The lowest BCUT2D eigenvalue weighted by atomic mass is 10.2. The second-order valence-corrected chi connectivity index (χ2v) is 7.19. The van der Waals surface area contributed by atoms with E-state index in [1.165, 1.54) is 6.26 Å². The van der Waals surface area contributed by atoms with Crippen molar-refractivity contribution in [2.45, 2.75) is 11.3 Å². The molecule has 0 aliphatic carbocycles. The number of sulfone groups is 1. The average molecular weight is 297 g/mol. The lowest BCUT2D eigenvalue weighted by molar-refractivity contribution is 0.256. The number of piperazine rings is 1. The Morgan fingerprint density at radius 3 is 2.40 bits per heavy atom. The van der Waals surface area contributed by atoms with Crippen molar-refractivity contribution in [1.29, 1.82) is 0 Å². The van der Waals surface area contributed by atoms with E-state index in [9.17, 15) is 8.42 Å². The monoisotopic (exact) mass is 297 g/mol. The summed E-state index contributed by atoms with van der Waals surface area (Å²) in [5.74, 6) is 0. The fourth-order valence-corrected chi connectivity index (χ4v) is 3.46. The van der Waals surface area contributed by atoms with Crippen LogP contribution in [0.2, 0.25) is 0 Å². The van der Waals surface area contributed by atoms with Crippen LogP contribution in [0.1, 0.15) is 6.42 Å². The molecular weight excluding hydrogens is 274 g/mol. The van der Waals surface area contributed by atoms with Gasteiger partial charge in [-0.2, -0.15) is 0 Å². The van der Waals surface area contributed by atoms with E-state index in [1.807, 2.05) is 12.1 Å². The van der Waals surface area contributed by atoms with Gasteiger partial charge in [-0.25, -0.2) is 8.42 Å². The van der Waals surface area contributed by atoms with E-state index in [0.29, 0.717) is 4.90 Å². The Hall–Kier alpha value is -1.11. The molecule has 1 aliphatic rings. The number of hydrogen-bond acceptors (Lipinski definition) is 5. The van der Waals surface area contributed by atoms with Gasteiger partial charge in [-0.15, -0.1) is 0 Å². The number of hydrogen-bond donors (Lipinski definition) is 1. The van der Waals surface area contributed by atoms with Gasteiger partial charge in [0.15, 0.2) is 9.84 Å². The Morgan fingerprint density at radius 1 is 1.15 bits per heavy atom. The van der Waals surface area contributed by atoms with Crippen LogP contribution >= 0.6 is 0 Å². The van der Waals surface area contributed by atoms with E-state index < -0.39 is 9.84 Å². The molecule has 0 unspecified atom stereocenters. The van der Waals surface area contributed by atoms with Gasteiger partial charge >= 0.3 is 0 Å². The first kappa shape index (κ1) is 15.3. The smallest absolute Gasteiger partial charge is 0.177 e. The molecule has 1 saturated heterocycles. The van der Waals surface area contributed by atoms with E-state index in [0.717, 1.165) is 51.4 Å². The summed E-state index contributed by atoms with van der Waals surface area (Å²) in [6, 6.07) is 7.25. The molecule has 1 aromatic rings. The first-order valence-corrected chi connectivity index (χ1v) is 8.88. The molecule has 2 rings (SSSR count). The van der Waals surface area contributed by atoms with Crippen LogP contribution in [0.25, 0.3) is 0 Å². The Labute approximate surface area is 121 Å². The van der Waals surface area contributed by atoms with Crippen molar-refractivity contribution in [3.8, 4) is 0 Å². The van der Waals surface area contributed by atoms with E-state index in [2.05, 4.69) is 9.80 Å². The van der Waals surface area contributed by atoms with Gasteiger partial charge < -0.3 is 10.6 Å². The van der Waals surface area contributed by atoms with Crippen LogP contribution in [0.5, 0.6) is 0 Å². The van der Waals surface area contributed by atoms with Crippen LogP contribution in [-0.4, -0.2) is 58.8 Å². The predicted octanol–water partition coefficient (Wildman–Crippen LogP) is 0.561. The third kappa shape index (κ3) is 3.71. The highest BCUT2D eigenvalue weighted by Gasteiger charge is 2.21. The van der Waals surface area contributed by atoms with Crippen molar-refractivity contribution in [3.05, 3.63) is 24.3 Å². The summed E-state index contributed by atoms with van der Waals surface area (Å²) in [6.45, 7) is 5.37. The van der Waals surface area contributed by atoms with Crippen molar-refractivity contribution in [1.82, 2.24) is 4.90 Å². The standard InChI is InChI=1S/C14H23N3O2S/c1-20(18,19)14-6-3-2-5-13(14)17-11-9-16(10-12-17)8-4-7-15/h2-3,5-6H,4,7-12,15H2,1H3.